The lowest BCUT2D eigenvalue weighted by Gasteiger charge is -2.34. The topological polar surface area (TPSA) is 47.6 Å². The third kappa shape index (κ3) is 4.45. The van der Waals surface area contributed by atoms with Gasteiger partial charge in [0.05, 0.1) is 12.7 Å². The van der Waals surface area contributed by atoms with Gasteiger partial charge in [0.1, 0.15) is 5.54 Å². The molecule has 0 heterocycles. The number of ether oxygens (including phenoxy) is 2. The fourth-order valence-corrected chi connectivity index (χ4v) is 3.08. The van der Waals surface area contributed by atoms with Crippen molar-refractivity contribution in [3.8, 4) is 0 Å². The Labute approximate surface area is 123 Å². The number of esters is 1. The van der Waals surface area contributed by atoms with Crippen molar-refractivity contribution in [1.82, 2.24) is 5.32 Å². The lowest BCUT2D eigenvalue weighted by Crippen LogP contribution is -2.55. The summed E-state index contributed by atoms with van der Waals surface area (Å²) in [5, 5.41) is 3.46. The van der Waals surface area contributed by atoms with Gasteiger partial charge in [-0.15, -0.1) is 0 Å². The van der Waals surface area contributed by atoms with E-state index < -0.39 is 5.54 Å². The second kappa shape index (κ2) is 7.41. The molecular formula is C16H31NO3. The van der Waals surface area contributed by atoms with Crippen LogP contribution in [0.1, 0.15) is 59.8 Å². The van der Waals surface area contributed by atoms with Crippen LogP contribution in [0.15, 0.2) is 0 Å². The average molecular weight is 285 g/mol. The molecule has 1 aliphatic carbocycles. The first-order valence-electron chi connectivity index (χ1n) is 7.83. The molecule has 1 aliphatic rings. The Kier molecular flexibility index (Phi) is 6.46. The molecule has 1 fully saturated rings. The Bertz CT molecular complexity index is 311. The maximum absolute atomic E-state index is 12.3. The van der Waals surface area contributed by atoms with E-state index in [9.17, 15) is 4.79 Å². The number of rotatable bonds is 7. The predicted octanol–water partition coefficient (Wildman–Crippen LogP) is 2.90. The van der Waals surface area contributed by atoms with Crippen LogP contribution in [0.25, 0.3) is 0 Å². The molecule has 0 aromatic rings. The Balaban J connectivity index is 2.68. The maximum Gasteiger partial charge on any atom is 0.326 e. The van der Waals surface area contributed by atoms with E-state index in [4.69, 9.17) is 9.47 Å². The van der Waals surface area contributed by atoms with Crippen molar-refractivity contribution in [2.24, 2.45) is 5.92 Å². The van der Waals surface area contributed by atoms with Gasteiger partial charge in [0, 0.05) is 6.61 Å². The van der Waals surface area contributed by atoms with Gasteiger partial charge in [-0.25, -0.2) is 0 Å². The van der Waals surface area contributed by atoms with Gasteiger partial charge in [-0.3, -0.25) is 4.79 Å². The summed E-state index contributed by atoms with van der Waals surface area (Å²) in [6.45, 7) is 9.84. The molecule has 2 atom stereocenters. The minimum Gasteiger partial charge on any atom is -0.468 e. The van der Waals surface area contributed by atoms with Crippen molar-refractivity contribution < 1.29 is 14.3 Å². The summed E-state index contributed by atoms with van der Waals surface area (Å²) in [7, 11) is 1.48. The lowest BCUT2D eigenvalue weighted by molar-refractivity contribution is -0.150. The van der Waals surface area contributed by atoms with Gasteiger partial charge in [0.15, 0.2) is 0 Å². The van der Waals surface area contributed by atoms with Crippen molar-refractivity contribution in [3.63, 3.8) is 0 Å². The largest absolute Gasteiger partial charge is 0.468 e. The number of methoxy groups -OCH3 is 1. The maximum atomic E-state index is 12.3. The summed E-state index contributed by atoms with van der Waals surface area (Å²) in [5.74, 6) is 0.202. The SMILES string of the molecule is CCCNC1(C(=O)OC)CCCC1CCOC(C)(C)C. The van der Waals surface area contributed by atoms with Crippen LogP contribution < -0.4 is 5.32 Å². The minimum absolute atomic E-state index is 0.107. The zero-order valence-corrected chi connectivity index (χ0v) is 13.8. The number of hydrogen-bond acceptors (Lipinski definition) is 4. The normalized spacial score (nSPS) is 26.8. The first kappa shape index (κ1) is 17.4. The molecule has 0 aliphatic heterocycles. The monoisotopic (exact) mass is 285 g/mol. The molecule has 20 heavy (non-hydrogen) atoms. The fourth-order valence-electron chi connectivity index (χ4n) is 3.08. The molecule has 4 nitrogen and oxygen atoms in total. The van der Waals surface area contributed by atoms with Crippen LogP contribution >= 0.6 is 0 Å². The van der Waals surface area contributed by atoms with Crippen LogP contribution in [-0.2, 0) is 14.3 Å². The van der Waals surface area contributed by atoms with Crippen molar-refractivity contribution in [2.45, 2.75) is 70.9 Å². The van der Waals surface area contributed by atoms with E-state index in [0.717, 1.165) is 38.6 Å². The van der Waals surface area contributed by atoms with Crippen molar-refractivity contribution >= 4 is 5.97 Å². The first-order valence-corrected chi connectivity index (χ1v) is 7.83. The number of carbonyl (C=O) groups excluding carboxylic acids is 1. The predicted molar refractivity (Wildman–Crippen MR) is 80.7 cm³/mol. The summed E-state index contributed by atoms with van der Waals surface area (Å²) in [4.78, 5) is 12.3. The van der Waals surface area contributed by atoms with Crippen LogP contribution in [-0.4, -0.2) is 37.4 Å². The average Bonchev–Trinajstić information content (AvgIpc) is 2.78. The standard InChI is InChI=1S/C16H31NO3/c1-6-11-17-16(14(18)19-5)10-7-8-13(16)9-12-20-15(2,3)4/h13,17H,6-12H2,1-5H3. The van der Waals surface area contributed by atoms with E-state index in [1.54, 1.807) is 0 Å². The number of hydrogen-bond donors (Lipinski definition) is 1. The van der Waals surface area contributed by atoms with Crippen LogP contribution in [0.4, 0.5) is 0 Å². The van der Waals surface area contributed by atoms with Gasteiger partial charge in [-0.2, -0.15) is 0 Å². The molecule has 1 rings (SSSR count). The zero-order chi connectivity index (χ0) is 15.2. The van der Waals surface area contributed by atoms with E-state index in [0.29, 0.717) is 12.5 Å². The summed E-state index contributed by atoms with van der Waals surface area (Å²) in [5.41, 5.74) is -0.616. The molecule has 4 heteroatoms. The Morgan fingerprint density at radius 1 is 1.40 bits per heavy atom. The third-order valence-corrected chi connectivity index (χ3v) is 4.06. The second-order valence-electron chi connectivity index (χ2n) is 6.73. The smallest absolute Gasteiger partial charge is 0.326 e. The molecule has 1 saturated carbocycles. The number of carbonyl (C=O) groups is 1. The van der Waals surface area contributed by atoms with E-state index in [1.165, 1.54) is 7.11 Å². The van der Waals surface area contributed by atoms with E-state index >= 15 is 0 Å². The Morgan fingerprint density at radius 2 is 2.10 bits per heavy atom. The van der Waals surface area contributed by atoms with E-state index in [1.807, 2.05) is 0 Å². The van der Waals surface area contributed by atoms with Crippen molar-refractivity contribution in [3.05, 3.63) is 0 Å². The molecule has 1 N–H and O–H groups in total. The van der Waals surface area contributed by atoms with Gasteiger partial charge in [-0.1, -0.05) is 13.3 Å². The molecule has 2 unspecified atom stereocenters. The van der Waals surface area contributed by atoms with Crippen LogP contribution in [0.5, 0.6) is 0 Å². The molecule has 0 spiro atoms. The summed E-state index contributed by atoms with van der Waals surface area (Å²) >= 11 is 0. The highest BCUT2D eigenvalue weighted by atomic mass is 16.5. The highest BCUT2D eigenvalue weighted by Crippen LogP contribution is 2.39. The van der Waals surface area contributed by atoms with Gasteiger partial charge in [-0.05, 0) is 58.9 Å². The first-order chi connectivity index (χ1) is 9.35. The molecular weight excluding hydrogens is 254 g/mol. The van der Waals surface area contributed by atoms with Gasteiger partial charge < -0.3 is 14.8 Å². The minimum atomic E-state index is -0.494. The zero-order valence-electron chi connectivity index (χ0n) is 13.8. The Morgan fingerprint density at radius 3 is 2.65 bits per heavy atom. The summed E-state index contributed by atoms with van der Waals surface area (Å²) < 4.78 is 10.9. The van der Waals surface area contributed by atoms with Crippen LogP contribution in [0, 0.1) is 5.92 Å². The van der Waals surface area contributed by atoms with Gasteiger partial charge in [0.25, 0.3) is 0 Å². The third-order valence-electron chi connectivity index (χ3n) is 4.06. The summed E-state index contributed by atoms with van der Waals surface area (Å²) in [6, 6.07) is 0. The van der Waals surface area contributed by atoms with E-state index in [2.05, 4.69) is 33.0 Å². The van der Waals surface area contributed by atoms with Crippen LogP contribution in [0.3, 0.4) is 0 Å². The second-order valence-corrected chi connectivity index (χ2v) is 6.73. The van der Waals surface area contributed by atoms with Crippen molar-refractivity contribution in [2.75, 3.05) is 20.3 Å². The van der Waals surface area contributed by atoms with E-state index in [-0.39, 0.29) is 11.6 Å². The summed E-state index contributed by atoms with van der Waals surface area (Å²) in [6.07, 6.45) is 4.94. The lowest BCUT2D eigenvalue weighted by atomic mass is 9.84. The fraction of sp³-hybridized carbons (Fsp3) is 0.938. The van der Waals surface area contributed by atoms with Gasteiger partial charge >= 0.3 is 5.97 Å². The molecule has 0 radical (unpaired) electrons. The molecule has 0 aromatic carbocycles. The molecule has 0 aromatic heterocycles. The molecule has 0 bridgehead atoms. The van der Waals surface area contributed by atoms with Crippen molar-refractivity contribution in [1.29, 1.82) is 0 Å². The molecule has 118 valence electrons. The Hall–Kier alpha value is -0.610. The molecule has 0 amide bonds. The highest BCUT2D eigenvalue weighted by molar-refractivity contribution is 5.81. The number of nitrogens with one attached hydrogen (secondary N) is 1. The van der Waals surface area contributed by atoms with Crippen LogP contribution in [0.2, 0.25) is 0 Å². The van der Waals surface area contributed by atoms with Gasteiger partial charge in [0.2, 0.25) is 0 Å². The molecule has 0 saturated heterocycles. The highest BCUT2D eigenvalue weighted by Gasteiger charge is 2.49. The quantitative estimate of drug-likeness (QED) is 0.731.